The summed E-state index contributed by atoms with van der Waals surface area (Å²) in [4.78, 5) is 26.0. The van der Waals surface area contributed by atoms with Gasteiger partial charge in [-0.15, -0.1) is 0 Å². The van der Waals surface area contributed by atoms with Crippen LogP contribution in [0.4, 0.5) is 11.4 Å². The molecule has 0 saturated carbocycles. The number of hydrogen-bond donors (Lipinski definition) is 2. The smallest absolute Gasteiger partial charge is 0.292 e. The minimum absolute atomic E-state index is 0.00792. The fourth-order valence-corrected chi connectivity index (χ4v) is 1.74. The van der Waals surface area contributed by atoms with E-state index >= 15 is 0 Å². The van der Waals surface area contributed by atoms with E-state index < -0.39 is 4.92 Å². The number of amides is 1. The summed E-state index contributed by atoms with van der Waals surface area (Å²) in [6.07, 6.45) is 1.54. The summed E-state index contributed by atoms with van der Waals surface area (Å²) in [5.41, 5.74) is 0.770. The summed E-state index contributed by atoms with van der Waals surface area (Å²) >= 11 is 0. The molecule has 2 N–H and O–H groups in total. The predicted octanol–water partition coefficient (Wildman–Crippen LogP) is 1.83. The van der Waals surface area contributed by atoms with Crippen LogP contribution in [0.1, 0.15) is 10.5 Å². The lowest BCUT2D eigenvalue weighted by molar-refractivity contribution is -0.384. The molecule has 21 heavy (non-hydrogen) atoms. The van der Waals surface area contributed by atoms with Crippen molar-refractivity contribution in [1.29, 1.82) is 0 Å². The lowest BCUT2D eigenvalue weighted by Crippen LogP contribution is -2.29. The van der Waals surface area contributed by atoms with E-state index in [1.165, 1.54) is 6.07 Å². The van der Waals surface area contributed by atoms with Crippen LogP contribution in [-0.2, 0) is 0 Å². The number of nitrogens with zero attached hydrogens (tertiary/aromatic N) is 2. The van der Waals surface area contributed by atoms with Gasteiger partial charge in [-0.3, -0.25) is 19.9 Å². The minimum Gasteiger partial charge on any atom is -0.378 e. The second-order valence-electron chi connectivity index (χ2n) is 4.17. The number of rotatable bonds is 6. The van der Waals surface area contributed by atoms with E-state index in [4.69, 9.17) is 0 Å². The van der Waals surface area contributed by atoms with E-state index in [-0.39, 0.29) is 11.6 Å². The van der Waals surface area contributed by atoms with Crippen molar-refractivity contribution < 1.29 is 9.72 Å². The monoisotopic (exact) mass is 286 g/mol. The van der Waals surface area contributed by atoms with Gasteiger partial charge in [-0.25, -0.2) is 0 Å². The number of benzene rings is 1. The molecule has 7 heteroatoms. The molecule has 0 aliphatic heterocycles. The van der Waals surface area contributed by atoms with Gasteiger partial charge in [0.1, 0.15) is 11.4 Å². The molecule has 0 aliphatic carbocycles. The van der Waals surface area contributed by atoms with Gasteiger partial charge in [0.05, 0.1) is 4.92 Å². The van der Waals surface area contributed by atoms with Gasteiger partial charge in [0.2, 0.25) is 0 Å². The molecule has 2 rings (SSSR count). The standard InChI is InChI=1S/C14H14N4O3/c19-14(12-6-3-4-8-15-12)17-10-9-16-11-5-1-2-7-13(11)18(20)21/h1-8,16H,9-10H2,(H,17,19). The van der Waals surface area contributed by atoms with E-state index in [1.807, 2.05) is 0 Å². The first kappa shape index (κ1) is 14.4. The quantitative estimate of drug-likeness (QED) is 0.479. The Morgan fingerprint density at radius 1 is 1.14 bits per heavy atom. The van der Waals surface area contributed by atoms with Gasteiger partial charge in [-0.2, -0.15) is 0 Å². The van der Waals surface area contributed by atoms with Gasteiger partial charge in [0.25, 0.3) is 11.6 Å². The summed E-state index contributed by atoms with van der Waals surface area (Å²) < 4.78 is 0. The maximum absolute atomic E-state index is 11.7. The van der Waals surface area contributed by atoms with Crippen molar-refractivity contribution in [2.75, 3.05) is 18.4 Å². The first-order chi connectivity index (χ1) is 10.2. The number of hydrogen-bond acceptors (Lipinski definition) is 5. The van der Waals surface area contributed by atoms with Crippen molar-refractivity contribution in [3.05, 3.63) is 64.5 Å². The summed E-state index contributed by atoms with van der Waals surface area (Å²) in [5, 5.41) is 16.4. The average molecular weight is 286 g/mol. The number of para-hydroxylation sites is 2. The molecular formula is C14H14N4O3. The van der Waals surface area contributed by atoms with Gasteiger partial charge < -0.3 is 10.6 Å². The molecule has 0 aliphatic rings. The highest BCUT2D eigenvalue weighted by atomic mass is 16.6. The Labute approximate surface area is 121 Å². The van der Waals surface area contributed by atoms with E-state index in [0.717, 1.165) is 0 Å². The van der Waals surface area contributed by atoms with E-state index in [0.29, 0.717) is 24.5 Å². The van der Waals surface area contributed by atoms with Gasteiger partial charge in [0, 0.05) is 25.4 Å². The predicted molar refractivity (Wildman–Crippen MR) is 78.2 cm³/mol. The van der Waals surface area contributed by atoms with Crippen molar-refractivity contribution in [2.45, 2.75) is 0 Å². The molecular weight excluding hydrogens is 272 g/mol. The highest BCUT2D eigenvalue weighted by Gasteiger charge is 2.11. The molecule has 0 bridgehead atoms. The number of anilines is 1. The normalized spacial score (nSPS) is 9.90. The molecule has 0 spiro atoms. The summed E-state index contributed by atoms with van der Waals surface area (Å²) in [5.74, 6) is -0.278. The zero-order valence-electron chi connectivity index (χ0n) is 11.2. The van der Waals surface area contributed by atoms with Crippen molar-refractivity contribution >= 4 is 17.3 Å². The van der Waals surface area contributed by atoms with Crippen LogP contribution >= 0.6 is 0 Å². The van der Waals surface area contributed by atoms with E-state index in [1.54, 1.807) is 42.6 Å². The van der Waals surface area contributed by atoms with Crippen LogP contribution in [-0.4, -0.2) is 28.9 Å². The van der Waals surface area contributed by atoms with Gasteiger partial charge in [0.15, 0.2) is 0 Å². The second-order valence-corrected chi connectivity index (χ2v) is 4.17. The summed E-state index contributed by atoms with van der Waals surface area (Å²) in [7, 11) is 0. The third-order valence-corrected chi connectivity index (χ3v) is 2.72. The Bertz CT molecular complexity index is 631. The first-order valence-corrected chi connectivity index (χ1v) is 6.35. The molecule has 0 saturated heterocycles. The van der Waals surface area contributed by atoms with Crippen LogP contribution in [0.3, 0.4) is 0 Å². The SMILES string of the molecule is O=C(NCCNc1ccccc1[N+](=O)[O-])c1ccccn1. The summed E-state index contributed by atoms with van der Waals surface area (Å²) in [6, 6.07) is 11.4. The van der Waals surface area contributed by atoms with Crippen LogP contribution in [0.25, 0.3) is 0 Å². The van der Waals surface area contributed by atoms with Gasteiger partial charge in [-0.05, 0) is 18.2 Å². The third kappa shape index (κ3) is 4.00. The number of aromatic nitrogens is 1. The number of pyridine rings is 1. The molecule has 7 nitrogen and oxygen atoms in total. The Kier molecular flexibility index (Phi) is 4.81. The van der Waals surface area contributed by atoms with Crippen LogP contribution in [0.15, 0.2) is 48.7 Å². The fraction of sp³-hybridized carbons (Fsp3) is 0.143. The number of nitro groups is 1. The zero-order valence-corrected chi connectivity index (χ0v) is 11.2. The van der Waals surface area contributed by atoms with E-state index in [9.17, 15) is 14.9 Å². The minimum atomic E-state index is -0.450. The van der Waals surface area contributed by atoms with Crippen LogP contribution in [0, 0.1) is 10.1 Å². The molecule has 0 fully saturated rings. The molecule has 1 amide bonds. The summed E-state index contributed by atoms with van der Waals surface area (Å²) in [6.45, 7) is 0.713. The first-order valence-electron chi connectivity index (χ1n) is 6.35. The van der Waals surface area contributed by atoms with Crippen molar-refractivity contribution in [3.8, 4) is 0 Å². The van der Waals surface area contributed by atoms with Gasteiger partial charge >= 0.3 is 0 Å². The lowest BCUT2D eigenvalue weighted by atomic mass is 10.2. The lowest BCUT2D eigenvalue weighted by Gasteiger charge is -2.08. The number of carbonyl (C=O) groups is 1. The molecule has 108 valence electrons. The zero-order chi connectivity index (χ0) is 15.1. The number of nitrogens with one attached hydrogen (secondary N) is 2. The molecule has 2 aromatic rings. The Morgan fingerprint density at radius 2 is 1.90 bits per heavy atom. The molecule has 1 aromatic heterocycles. The van der Waals surface area contributed by atoms with Crippen LogP contribution in [0.5, 0.6) is 0 Å². The van der Waals surface area contributed by atoms with Gasteiger partial charge in [-0.1, -0.05) is 18.2 Å². The Hall–Kier alpha value is -2.96. The Balaban J connectivity index is 1.83. The largest absolute Gasteiger partial charge is 0.378 e. The number of nitro benzene ring substituents is 1. The van der Waals surface area contributed by atoms with Crippen molar-refractivity contribution in [2.24, 2.45) is 0 Å². The molecule has 1 aromatic carbocycles. The van der Waals surface area contributed by atoms with Crippen molar-refractivity contribution in [1.82, 2.24) is 10.3 Å². The topological polar surface area (TPSA) is 97.2 Å². The molecule has 0 radical (unpaired) electrons. The third-order valence-electron chi connectivity index (χ3n) is 2.72. The average Bonchev–Trinajstić information content (AvgIpc) is 2.52. The van der Waals surface area contributed by atoms with Crippen molar-refractivity contribution in [3.63, 3.8) is 0 Å². The van der Waals surface area contributed by atoms with Crippen LogP contribution < -0.4 is 10.6 Å². The van der Waals surface area contributed by atoms with Crippen LogP contribution in [0.2, 0.25) is 0 Å². The van der Waals surface area contributed by atoms with E-state index in [2.05, 4.69) is 15.6 Å². The molecule has 1 heterocycles. The maximum atomic E-state index is 11.7. The molecule has 0 unspecified atom stereocenters. The highest BCUT2D eigenvalue weighted by molar-refractivity contribution is 5.92. The molecule has 0 atom stereocenters. The highest BCUT2D eigenvalue weighted by Crippen LogP contribution is 2.22. The maximum Gasteiger partial charge on any atom is 0.292 e. The Morgan fingerprint density at radius 3 is 2.62 bits per heavy atom. The number of carbonyl (C=O) groups excluding carboxylic acids is 1. The second kappa shape index (κ2) is 6.99. The fourth-order valence-electron chi connectivity index (χ4n) is 1.74.